The van der Waals surface area contributed by atoms with Crippen molar-refractivity contribution in [3.63, 3.8) is 0 Å². The van der Waals surface area contributed by atoms with E-state index in [2.05, 4.69) is 0 Å². The number of piperidine rings is 1. The van der Waals surface area contributed by atoms with Crippen molar-refractivity contribution >= 4 is 5.91 Å². The van der Waals surface area contributed by atoms with Gasteiger partial charge in [0.1, 0.15) is 11.5 Å². The average Bonchev–Trinajstić information content (AvgIpc) is 2.46. The van der Waals surface area contributed by atoms with Gasteiger partial charge >= 0.3 is 0 Å². The van der Waals surface area contributed by atoms with Crippen LogP contribution in [0.3, 0.4) is 0 Å². The highest BCUT2D eigenvalue weighted by Gasteiger charge is 2.33. The highest BCUT2D eigenvalue weighted by atomic mass is 16.5. The predicted octanol–water partition coefficient (Wildman–Crippen LogP) is 2.04. The first kappa shape index (κ1) is 14.7. The van der Waals surface area contributed by atoms with Crippen molar-refractivity contribution in [1.82, 2.24) is 4.90 Å². The summed E-state index contributed by atoms with van der Waals surface area (Å²) in [6.07, 6.45) is 1.83. The first-order valence-corrected chi connectivity index (χ1v) is 6.70. The molecule has 0 bridgehead atoms. The molecule has 1 N–H and O–H groups in total. The van der Waals surface area contributed by atoms with Gasteiger partial charge < -0.3 is 19.5 Å². The summed E-state index contributed by atoms with van der Waals surface area (Å²) in [5.41, 5.74) is -0.0122. The van der Waals surface area contributed by atoms with Crippen LogP contribution >= 0.6 is 0 Å². The van der Waals surface area contributed by atoms with Crippen LogP contribution in [0, 0.1) is 0 Å². The third-order valence-electron chi connectivity index (χ3n) is 3.87. The van der Waals surface area contributed by atoms with Crippen LogP contribution in [-0.2, 0) is 4.74 Å². The van der Waals surface area contributed by atoms with Crippen molar-refractivity contribution in [2.45, 2.75) is 25.4 Å². The highest BCUT2D eigenvalue weighted by Crippen LogP contribution is 2.28. The van der Waals surface area contributed by atoms with Crippen molar-refractivity contribution in [2.75, 3.05) is 27.3 Å². The summed E-state index contributed by atoms with van der Waals surface area (Å²) in [5.74, 6) is 0.298. The van der Waals surface area contributed by atoms with Crippen LogP contribution in [0.1, 0.15) is 30.1 Å². The van der Waals surface area contributed by atoms with Gasteiger partial charge in [0.15, 0.2) is 0 Å². The van der Waals surface area contributed by atoms with E-state index in [4.69, 9.17) is 9.47 Å². The Kier molecular flexibility index (Phi) is 4.18. The fourth-order valence-electron chi connectivity index (χ4n) is 2.54. The van der Waals surface area contributed by atoms with Crippen LogP contribution in [0.5, 0.6) is 11.5 Å². The van der Waals surface area contributed by atoms with E-state index in [1.165, 1.54) is 13.2 Å². The first-order chi connectivity index (χ1) is 9.49. The molecule has 2 rings (SSSR count). The molecule has 0 spiro atoms. The third-order valence-corrected chi connectivity index (χ3v) is 3.87. The number of amides is 1. The number of phenolic OH excluding ortho intramolecular Hbond substituents is 1. The lowest BCUT2D eigenvalue weighted by molar-refractivity contribution is -0.0440. The summed E-state index contributed by atoms with van der Waals surface area (Å²) in [5, 5.41) is 9.95. The van der Waals surface area contributed by atoms with Crippen LogP contribution in [0.4, 0.5) is 0 Å². The largest absolute Gasteiger partial charge is 0.507 e. The summed E-state index contributed by atoms with van der Waals surface area (Å²) in [6, 6.07) is 4.72. The number of phenols is 1. The van der Waals surface area contributed by atoms with Crippen molar-refractivity contribution in [3.8, 4) is 11.5 Å². The zero-order valence-electron chi connectivity index (χ0n) is 12.2. The standard InChI is InChI=1S/C15H21NO4/c1-15(20-3)7-4-8-16(10-15)14(18)12-6-5-11(19-2)9-13(12)17/h5-6,9,17H,4,7-8,10H2,1-3H3/t15-/m0/s1. The van der Waals surface area contributed by atoms with Gasteiger partial charge in [-0.15, -0.1) is 0 Å². The third kappa shape index (κ3) is 2.88. The molecule has 0 unspecified atom stereocenters. The molecule has 110 valence electrons. The minimum absolute atomic E-state index is 0.0564. The fraction of sp³-hybridized carbons (Fsp3) is 0.533. The molecule has 5 heteroatoms. The smallest absolute Gasteiger partial charge is 0.257 e. The Morgan fingerprint density at radius 2 is 2.15 bits per heavy atom. The Bertz CT molecular complexity index is 503. The van der Waals surface area contributed by atoms with E-state index in [0.717, 1.165) is 12.8 Å². The lowest BCUT2D eigenvalue weighted by atomic mass is 9.94. The topological polar surface area (TPSA) is 59.0 Å². The minimum atomic E-state index is -0.310. The van der Waals surface area contributed by atoms with E-state index in [1.54, 1.807) is 24.1 Å². The molecule has 1 aliphatic heterocycles. The summed E-state index contributed by atoms with van der Waals surface area (Å²) >= 11 is 0. The summed E-state index contributed by atoms with van der Waals surface area (Å²) in [7, 11) is 3.18. The number of aromatic hydroxyl groups is 1. The van der Waals surface area contributed by atoms with Gasteiger partial charge in [-0.1, -0.05) is 0 Å². The molecule has 0 aliphatic carbocycles. The van der Waals surface area contributed by atoms with Gasteiger partial charge in [0.2, 0.25) is 0 Å². The molecule has 1 amide bonds. The molecule has 1 atom stereocenters. The summed E-state index contributed by atoms with van der Waals surface area (Å²) in [6.45, 7) is 3.22. The Balaban J connectivity index is 2.19. The number of ether oxygens (including phenoxy) is 2. The van der Waals surface area contributed by atoms with Gasteiger partial charge in [-0.2, -0.15) is 0 Å². The molecular weight excluding hydrogens is 258 g/mol. The van der Waals surface area contributed by atoms with Gasteiger partial charge in [-0.25, -0.2) is 0 Å². The maximum absolute atomic E-state index is 12.5. The van der Waals surface area contributed by atoms with E-state index >= 15 is 0 Å². The number of hydrogen-bond donors (Lipinski definition) is 1. The van der Waals surface area contributed by atoms with E-state index < -0.39 is 0 Å². The van der Waals surface area contributed by atoms with Crippen molar-refractivity contribution in [1.29, 1.82) is 0 Å². The number of benzene rings is 1. The van der Waals surface area contributed by atoms with Crippen molar-refractivity contribution < 1.29 is 19.4 Å². The number of nitrogens with zero attached hydrogens (tertiary/aromatic N) is 1. The SMILES string of the molecule is COc1ccc(C(=O)N2CCC[C@](C)(OC)C2)c(O)c1. The number of carbonyl (C=O) groups excluding carboxylic acids is 1. The summed E-state index contributed by atoms with van der Waals surface area (Å²) < 4.78 is 10.5. The molecule has 0 saturated carbocycles. The molecular formula is C15H21NO4. The zero-order valence-corrected chi connectivity index (χ0v) is 12.2. The lowest BCUT2D eigenvalue weighted by Gasteiger charge is -2.39. The van der Waals surface area contributed by atoms with Gasteiger partial charge in [0, 0.05) is 26.3 Å². The van der Waals surface area contributed by atoms with Crippen LogP contribution in [0.25, 0.3) is 0 Å². The first-order valence-electron chi connectivity index (χ1n) is 6.70. The van der Waals surface area contributed by atoms with Crippen molar-refractivity contribution in [2.24, 2.45) is 0 Å². The van der Waals surface area contributed by atoms with Crippen LogP contribution in [0.15, 0.2) is 18.2 Å². The Labute approximate surface area is 119 Å². The van der Waals surface area contributed by atoms with E-state index in [1.807, 2.05) is 6.92 Å². The zero-order chi connectivity index (χ0) is 14.8. The van der Waals surface area contributed by atoms with E-state index in [9.17, 15) is 9.90 Å². The fourth-order valence-corrected chi connectivity index (χ4v) is 2.54. The molecule has 5 nitrogen and oxygen atoms in total. The van der Waals surface area contributed by atoms with E-state index in [0.29, 0.717) is 24.4 Å². The molecule has 1 fully saturated rings. The van der Waals surface area contributed by atoms with Gasteiger partial charge in [-0.05, 0) is 31.9 Å². The number of hydrogen-bond acceptors (Lipinski definition) is 4. The Hall–Kier alpha value is -1.75. The van der Waals surface area contributed by atoms with Gasteiger partial charge in [0.25, 0.3) is 5.91 Å². The maximum Gasteiger partial charge on any atom is 0.257 e. The summed E-state index contributed by atoms with van der Waals surface area (Å²) in [4.78, 5) is 14.2. The molecule has 1 aliphatic rings. The molecule has 0 radical (unpaired) electrons. The molecule has 0 aromatic heterocycles. The number of carbonyl (C=O) groups is 1. The van der Waals surface area contributed by atoms with Gasteiger partial charge in [0.05, 0.1) is 18.3 Å². The Morgan fingerprint density at radius 3 is 2.75 bits per heavy atom. The monoisotopic (exact) mass is 279 g/mol. The second-order valence-electron chi connectivity index (χ2n) is 5.37. The maximum atomic E-state index is 12.5. The Morgan fingerprint density at radius 1 is 1.40 bits per heavy atom. The molecule has 1 aromatic carbocycles. The van der Waals surface area contributed by atoms with Crippen LogP contribution in [-0.4, -0.2) is 48.8 Å². The molecule has 20 heavy (non-hydrogen) atoms. The van der Waals surface area contributed by atoms with Crippen LogP contribution in [0.2, 0.25) is 0 Å². The molecule has 1 saturated heterocycles. The highest BCUT2D eigenvalue weighted by molar-refractivity contribution is 5.97. The van der Waals surface area contributed by atoms with Gasteiger partial charge in [-0.3, -0.25) is 4.79 Å². The average molecular weight is 279 g/mol. The molecule has 1 heterocycles. The van der Waals surface area contributed by atoms with Crippen LogP contribution < -0.4 is 4.74 Å². The van der Waals surface area contributed by atoms with Crippen molar-refractivity contribution in [3.05, 3.63) is 23.8 Å². The lowest BCUT2D eigenvalue weighted by Crippen LogP contribution is -2.49. The molecule has 1 aromatic rings. The number of rotatable bonds is 3. The minimum Gasteiger partial charge on any atom is -0.507 e. The van der Waals surface area contributed by atoms with E-state index in [-0.39, 0.29) is 17.3 Å². The quantitative estimate of drug-likeness (QED) is 0.920. The number of likely N-dealkylation sites (tertiary alicyclic amines) is 1. The normalized spacial score (nSPS) is 22.6. The number of methoxy groups -OCH3 is 2. The second-order valence-corrected chi connectivity index (χ2v) is 5.37. The predicted molar refractivity (Wildman–Crippen MR) is 75.2 cm³/mol. The second kappa shape index (κ2) is 5.71.